The summed E-state index contributed by atoms with van der Waals surface area (Å²) in [6, 6.07) is 8.89. The lowest BCUT2D eigenvalue weighted by atomic mass is 9.77. The van der Waals surface area contributed by atoms with Crippen LogP contribution < -0.4 is 5.32 Å². The average molecular weight is 291 g/mol. The summed E-state index contributed by atoms with van der Waals surface area (Å²) in [6.45, 7) is 6.24. The second-order valence-electron chi connectivity index (χ2n) is 6.19. The summed E-state index contributed by atoms with van der Waals surface area (Å²) in [6.07, 6.45) is 5.04. The minimum Gasteiger partial charge on any atom is -0.381 e. The van der Waals surface area contributed by atoms with Crippen LogP contribution in [-0.2, 0) is 11.2 Å². The van der Waals surface area contributed by atoms with E-state index in [9.17, 15) is 0 Å². The number of nitrogens with one attached hydrogen (secondary N) is 1. The number of fused-ring (bicyclic) bond motifs is 1. The van der Waals surface area contributed by atoms with E-state index in [1.165, 1.54) is 36.1 Å². The lowest BCUT2D eigenvalue weighted by Gasteiger charge is -2.39. The molecule has 2 atom stereocenters. The van der Waals surface area contributed by atoms with Gasteiger partial charge >= 0.3 is 0 Å². The van der Waals surface area contributed by atoms with Crippen molar-refractivity contribution in [3.05, 3.63) is 29.8 Å². The first kappa shape index (κ1) is 14.4. The van der Waals surface area contributed by atoms with Crippen LogP contribution in [0, 0.1) is 5.41 Å². The van der Waals surface area contributed by atoms with Gasteiger partial charge in [-0.05, 0) is 43.9 Å². The smallest absolute Gasteiger partial charge is 0.0535 e. The van der Waals surface area contributed by atoms with Gasteiger partial charge in [-0.3, -0.25) is 0 Å². The zero-order valence-electron chi connectivity index (χ0n) is 12.4. The summed E-state index contributed by atoms with van der Waals surface area (Å²) in [5.41, 5.74) is 1.89. The third kappa shape index (κ3) is 3.21. The van der Waals surface area contributed by atoms with Gasteiger partial charge in [-0.1, -0.05) is 25.1 Å². The van der Waals surface area contributed by atoms with E-state index in [-0.39, 0.29) is 0 Å². The van der Waals surface area contributed by atoms with Crippen molar-refractivity contribution >= 4 is 11.8 Å². The average Bonchev–Trinajstić information content (AvgIpc) is 2.88. The van der Waals surface area contributed by atoms with Crippen molar-refractivity contribution in [1.82, 2.24) is 5.32 Å². The molecule has 0 radical (unpaired) electrons. The molecule has 0 saturated carbocycles. The Morgan fingerprint density at radius 2 is 2.30 bits per heavy atom. The number of hydrogen-bond donors (Lipinski definition) is 1. The van der Waals surface area contributed by atoms with Crippen molar-refractivity contribution in [1.29, 1.82) is 0 Å². The molecule has 1 fully saturated rings. The Morgan fingerprint density at radius 3 is 3.05 bits per heavy atom. The highest BCUT2D eigenvalue weighted by atomic mass is 32.2. The molecule has 1 N–H and O–H groups in total. The monoisotopic (exact) mass is 291 g/mol. The van der Waals surface area contributed by atoms with Gasteiger partial charge in [0, 0.05) is 28.7 Å². The third-order valence-corrected chi connectivity index (χ3v) is 5.85. The minimum absolute atomic E-state index is 0.355. The second kappa shape index (κ2) is 6.50. The van der Waals surface area contributed by atoms with Gasteiger partial charge in [0.25, 0.3) is 0 Å². The summed E-state index contributed by atoms with van der Waals surface area (Å²) in [5.74, 6) is 0. The van der Waals surface area contributed by atoms with Crippen LogP contribution in [0.1, 0.15) is 31.7 Å². The Bertz CT molecular complexity index is 417. The van der Waals surface area contributed by atoms with Crippen molar-refractivity contribution in [2.75, 3.05) is 26.3 Å². The summed E-state index contributed by atoms with van der Waals surface area (Å²) < 4.78 is 5.82. The van der Waals surface area contributed by atoms with Gasteiger partial charge in [-0.25, -0.2) is 0 Å². The van der Waals surface area contributed by atoms with Gasteiger partial charge in [0.2, 0.25) is 0 Å². The molecule has 20 heavy (non-hydrogen) atoms. The van der Waals surface area contributed by atoms with Gasteiger partial charge < -0.3 is 10.1 Å². The number of thioether (sulfide) groups is 1. The van der Waals surface area contributed by atoms with Crippen LogP contribution in [0.25, 0.3) is 0 Å². The van der Waals surface area contributed by atoms with Crippen molar-refractivity contribution in [3.63, 3.8) is 0 Å². The molecule has 2 unspecified atom stereocenters. The Balaban J connectivity index is 1.65. The molecule has 3 heteroatoms. The first-order valence-corrected chi connectivity index (χ1v) is 8.72. The summed E-state index contributed by atoms with van der Waals surface area (Å²) in [4.78, 5) is 1.49. The van der Waals surface area contributed by atoms with E-state index in [2.05, 4.69) is 48.3 Å². The highest BCUT2D eigenvalue weighted by molar-refractivity contribution is 8.00. The van der Waals surface area contributed by atoms with Crippen LogP contribution in [0.3, 0.4) is 0 Å². The molecule has 1 aromatic rings. The van der Waals surface area contributed by atoms with Crippen molar-refractivity contribution in [2.24, 2.45) is 5.41 Å². The largest absolute Gasteiger partial charge is 0.381 e. The van der Waals surface area contributed by atoms with Crippen LogP contribution in [0.15, 0.2) is 29.2 Å². The van der Waals surface area contributed by atoms with E-state index in [0.29, 0.717) is 5.41 Å². The van der Waals surface area contributed by atoms with Gasteiger partial charge in [-0.2, -0.15) is 0 Å². The van der Waals surface area contributed by atoms with E-state index < -0.39 is 0 Å². The molecule has 2 nitrogen and oxygen atoms in total. The maximum Gasteiger partial charge on any atom is 0.0535 e. The zero-order valence-corrected chi connectivity index (χ0v) is 13.2. The molecule has 0 aromatic heterocycles. The summed E-state index contributed by atoms with van der Waals surface area (Å²) in [7, 11) is 0. The first-order chi connectivity index (χ1) is 9.81. The zero-order chi connectivity index (χ0) is 13.8. The van der Waals surface area contributed by atoms with Crippen LogP contribution in [0.2, 0.25) is 0 Å². The molecule has 0 bridgehead atoms. The number of hydrogen-bond acceptors (Lipinski definition) is 3. The lowest BCUT2D eigenvalue weighted by molar-refractivity contribution is -0.0117. The number of benzene rings is 1. The van der Waals surface area contributed by atoms with E-state index in [4.69, 9.17) is 4.74 Å². The van der Waals surface area contributed by atoms with Crippen LogP contribution in [0.5, 0.6) is 0 Å². The van der Waals surface area contributed by atoms with Gasteiger partial charge in [0.1, 0.15) is 0 Å². The van der Waals surface area contributed by atoms with Crippen LogP contribution in [-0.4, -0.2) is 31.6 Å². The normalized spacial score (nSPS) is 29.4. The quantitative estimate of drug-likeness (QED) is 0.897. The predicted molar refractivity (Wildman–Crippen MR) is 85.4 cm³/mol. The highest BCUT2D eigenvalue weighted by Crippen LogP contribution is 2.44. The molecule has 110 valence electrons. The van der Waals surface area contributed by atoms with Crippen LogP contribution in [0.4, 0.5) is 0 Å². The maximum absolute atomic E-state index is 5.82. The van der Waals surface area contributed by atoms with Crippen molar-refractivity contribution < 1.29 is 4.74 Å². The molecule has 0 spiro atoms. The molecule has 3 rings (SSSR count). The fourth-order valence-electron chi connectivity index (χ4n) is 3.52. The van der Waals surface area contributed by atoms with E-state index in [0.717, 1.165) is 31.6 Å². The molecule has 1 aromatic carbocycles. The molecule has 0 aliphatic carbocycles. The van der Waals surface area contributed by atoms with E-state index in [1.54, 1.807) is 0 Å². The molecule has 2 aliphatic heterocycles. The molecular weight excluding hydrogens is 266 g/mol. The Kier molecular flexibility index (Phi) is 4.69. The third-order valence-electron chi connectivity index (χ3n) is 4.53. The summed E-state index contributed by atoms with van der Waals surface area (Å²) in [5, 5.41) is 4.29. The summed E-state index contributed by atoms with van der Waals surface area (Å²) >= 11 is 2.08. The maximum atomic E-state index is 5.82. The lowest BCUT2D eigenvalue weighted by Crippen LogP contribution is -2.43. The first-order valence-electron chi connectivity index (χ1n) is 7.84. The Labute approximate surface area is 126 Å². The molecule has 2 heterocycles. The highest BCUT2D eigenvalue weighted by Gasteiger charge is 2.37. The van der Waals surface area contributed by atoms with Crippen LogP contribution >= 0.6 is 11.8 Å². The Hall–Kier alpha value is -0.510. The predicted octanol–water partition coefficient (Wildman–Crippen LogP) is 3.50. The fourth-order valence-corrected chi connectivity index (χ4v) is 5.04. The molecule has 2 aliphatic rings. The number of ether oxygens (including phenoxy) is 1. The SMILES string of the molecule is CCNCC1(CC2Cc3ccccc3S2)CCCOC1. The second-order valence-corrected chi connectivity index (χ2v) is 7.53. The number of rotatable bonds is 5. The van der Waals surface area contributed by atoms with E-state index in [1.807, 2.05) is 0 Å². The van der Waals surface area contributed by atoms with Gasteiger partial charge in [0.15, 0.2) is 0 Å². The fraction of sp³-hybridized carbons (Fsp3) is 0.647. The van der Waals surface area contributed by atoms with Crippen molar-refractivity contribution in [3.8, 4) is 0 Å². The Morgan fingerprint density at radius 1 is 1.40 bits per heavy atom. The molecule has 1 saturated heterocycles. The van der Waals surface area contributed by atoms with Crippen molar-refractivity contribution in [2.45, 2.75) is 42.8 Å². The minimum atomic E-state index is 0.355. The molecule has 0 amide bonds. The van der Waals surface area contributed by atoms with Gasteiger partial charge in [-0.15, -0.1) is 11.8 Å². The molecular formula is C17H25NOS. The van der Waals surface area contributed by atoms with Gasteiger partial charge in [0.05, 0.1) is 6.61 Å². The van der Waals surface area contributed by atoms with E-state index >= 15 is 0 Å². The standard InChI is InChI=1S/C17H25NOS/c1-2-18-12-17(8-5-9-19-13-17)11-15-10-14-6-3-4-7-16(14)20-15/h3-4,6-7,15,18H,2,5,8-13H2,1H3. The topological polar surface area (TPSA) is 21.3 Å².